The molecule has 1 aliphatic heterocycles. The Morgan fingerprint density at radius 1 is 1.28 bits per heavy atom. The van der Waals surface area contributed by atoms with Crippen LogP contribution in [0.1, 0.15) is 12.8 Å². The molecular formula is C11H21F3N2O2. The largest absolute Gasteiger partial charge is 0.411 e. The third kappa shape index (κ3) is 7.86. The number of hydrogen-bond donors (Lipinski definition) is 2. The Bertz CT molecular complexity index is 221. The van der Waals surface area contributed by atoms with Crippen LogP contribution in [-0.2, 0) is 4.74 Å². The van der Waals surface area contributed by atoms with Crippen LogP contribution >= 0.6 is 0 Å². The van der Waals surface area contributed by atoms with Crippen molar-refractivity contribution < 1.29 is 23.0 Å². The smallest absolute Gasteiger partial charge is 0.390 e. The molecule has 0 aromatic carbocycles. The zero-order valence-electron chi connectivity index (χ0n) is 10.4. The predicted octanol–water partition coefficient (Wildman–Crippen LogP) is 0.612. The van der Waals surface area contributed by atoms with Crippen LogP contribution in [0.2, 0.25) is 0 Å². The second-order valence-corrected chi connectivity index (χ2v) is 4.53. The maximum absolute atomic E-state index is 11.7. The molecule has 2 N–H and O–H groups in total. The number of aliphatic hydroxyl groups excluding tert-OH is 1. The molecule has 4 nitrogen and oxygen atoms in total. The molecule has 0 amide bonds. The zero-order valence-corrected chi connectivity index (χ0v) is 10.4. The van der Waals surface area contributed by atoms with Gasteiger partial charge >= 0.3 is 6.18 Å². The highest BCUT2D eigenvalue weighted by atomic mass is 19.4. The molecular weight excluding hydrogens is 249 g/mol. The number of rotatable bonds is 8. The SMILES string of the molecule is OC(CNCCOCC(F)(F)F)CN1CCCC1. The maximum atomic E-state index is 11.7. The molecule has 1 rings (SSSR count). The van der Waals surface area contributed by atoms with Crippen LogP contribution in [0.3, 0.4) is 0 Å². The van der Waals surface area contributed by atoms with E-state index in [2.05, 4.69) is 15.0 Å². The summed E-state index contributed by atoms with van der Waals surface area (Å²) in [5.41, 5.74) is 0. The molecule has 1 unspecified atom stereocenters. The van der Waals surface area contributed by atoms with Crippen molar-refractivity contribution >= 4 is 0 Å². The molecule has 1 saturated heterocycles. The molecule has 0 bridgehead atoms. The molecule has 1 atom stereocenters. The molecule has 0 aliphatic carbocycles. The second-order valence-electron chi connectivity index (χ2n) is 4.53. The average Bonchev–Trinajstić information content (AvgIpc) is 2.74. The Kier molecular flexibility index (Phi) is 6.91. The summed E-state index contributed by atoms with van der Waals surface area (Å²) in [5.74, 6) is 0. The Labute approximate surface area is 105 Å². The molecule has 1 fully saturated rings. The number of nitrogens with one attached hydrogen (secondary N) is 1. The van der Waals surface area contributed by atoms with Crippen molar-refractivity contribution in [2.24, 2.45) is 0 Å². The van der Waals surface area contributed by atoms with Gasteiger partial charge in [0.1, 0.15) is 6.61 Å². The fourth-order valence-corrected chi connectivity index (χ4v) is 1.93. The van der Waals surface area contributed by atoms with Crippen molar-refractivity contribution in [2.75, 3.05) is 45.9 Å². The molecule has 1 heterocycles. The number of β-amino-alcohol motifs (C(OH)–C–C–N with tert-alkyl or cyclic N) is 1. The van der Waals surface area contributed by atoms with Crippen LogP contribution in [0.25, 0.3) is 0 Å². The first-order valence-corrected chi connectivity index (χ1v) is 6.23. The van der Waals surface area contributed by atoms with Crippen molar-refractivity contribution in [1.29, 1.82) is 0 Å². The molecule has 1 aliphatic rings. The van der Waals surface area contributed by atoms with Crippen LogP contribution in [0.4, 0.5) is 13.2 Å². The molecule has 0 aromatic heterocycles. The standard InChI is InChI=1S/C11H21F3N2O2/c12-11(13,14)9-18-6-3-15-7-10(17)8-16-4-1-2-5-16/h10,15,17H,1-9H2. The first-order valence-electron chi connectivity index (χ1n) is 6.23. The van der Waals surface area contributed by atoms with Crippen LogP contribution < -0.4 is 5.32 Å². The third-order valence-corrected chi connectivity index (χ3v) is 2.74. The summed E-state index contributed by atoms with van der Waals surface area (Å²) in [6, 6.07) is 0. The Hall–Kier alpha value is -0.370. The van der Waals surface area contributed by atoms with Gasteiger partial charge in [-0.3, -0.25) is 0 Å². The summed E-state index contributed by atoms with van der Waals surface area (Å²) in [5, 5.41) is 12.5. The Morgan fingerprint density at radius 3 is 2.56 bits per heavy atom. The highest BCUT2D eigenvalue weighted by Crippen LogP contribution is 2.13. The van der Waals surface area contributed by atoms with E-state index >= 15 is 0 Å². The molecule has 18 heavy (non-hydrogen) atoms. The summed E-state index contributed by atoms with van der Waals surface area (Å²) >= 11 is 0. The number of likely N-dealkylation sites (tertiary alicyclic amines) is 1. The summed E-state index contributed by atoms with van der Waals surface area (Å²) in [7, 11) is 0. The van der Waals surface area contributed by atoms with E-state index in [9.17, 15) is 18.3 Å². The lowest BCUT2D eigenvalue weighted by Crippen LogP contribution is -2.38. The van der Waals surface area contributed by atoms with E-state index in [-0.39, 0.29) is 6.61 Å². The van der Waals surface area contributed by atoms with Crippen molar-refractivity contribution in [3.8, 4) is 0 Å². The van der Waals surface area contributed by atoms with Crippen molar-refractivity contribution in [3.05, 3.63) is 0 Å². The molecule has 0 spiro atoms. The summed E-state index contributed by atoms with van der Waals surface area (Å²) < 4.78 is 39.6. The maximum Gasteiger partial charge on any atom is 0.411 e. The summed E-state index contributed by atoms with van der Waals surface area (Å²) in [6.07, 6.45) is -2.41. The number of hydrogen-bond acceptors (Lipinski definition) is 4. The number of aliphatic hydroxyl groups is 1. The monoisotopic (exact) mass is 270 g/mol. The fraction of sp³-hybridized carbons (Fsp3) is 1.00. The van der Waals surface area contributed by atoms with Crippen LogP contribution in [0.5, 0.6) is 0 Å². The highest BCUT2D eigenvalue weighted by Gasteiger charge is 2.27. The fourth-order valence-electron chi connectivity index (χ4n) is 1.93. The van der Waals surface area contributed by atoms with Gasteiger partial charge in [0, 0.05) is 19.6 Å². The minimum atomic E-state index is -4.27. The van der Waals surface area contributed by atoms with Crippen molar-refractivity contribution in [2.45, 2.75) is 25.1 Å². The van der Waals surface area contributed by atoms with E-state index in [1.807, 2.05) is 0 Å². The average molecular weight is 270 g/mol. The van der Waals surface area contributed by atoms with Gasteiger partial charge < -0.3 is 20.1 Å². The van der Waals surface area contributed by atoms with E-state index in [0.29, 0.717) is 19.6 Å². The molecule has 0 aromatic rings. The molecule has 0 radical (unpaired) electrons. The quantitative estimate of drug-likeness (QED) is 0.634. The van der Waals surface area contributed by atoms with Gasteiger partial charge in [-0.05, 0) is 25.9 Å². The molecule has 0 saturated carbocycles. The van der Waals surface area contributed by atoms with Gasteiger partial charge in [0.15, 0.2) is 0 Å². The van der Waals surface area contributed by atoms with E-state index in [0.717, 1.165) is 13.1 Å². The number of halogens is 3. The number of alkyl halides is 3. The van der Waals surface area contributed by atoms with Gasteiger partial charge in [-0.2, -0.15) is 13.2 Å². The van der Waals surface area contributed by atoms with Gasteiger partial charge in [-0.15, -0.1) is 0 Å². The summed E-state index contributed by atoms with van der Waals surface area (Å²) in [4.78, 5) is 2.19. The molecule has 108 valence electrons. The lowest BCUT2D eigenvalue weighted by molar-refractivity contribution is -0.173. The Balaban J connectivity index is 1.90. The predicted molar refractivity (Wildman–Crippen MR) is 61.4 cm³/mol. The van der Waals surface area contributed by atoms with Crippen LogP contribution in [0.15, 0.2) is 0 Å². The number of nitrogens with zero attached hydrogens (tertiary/aromatic N) is 1. The number of ether oxygens (including phenoxy) is 1. The van der Waals surface area contributed by atoms with Gasteiger partial charge in [-0.1, -0.05) is 0 Å². The van der Waals surface area contributed by atoms with E-state index in [4.69, 9.17) is 0 Å². The Morgan fingerprint density at radius 2 is 1.94 bits per heavy atom. The van der Waals surface area contributed by atoms with Crippen molar-refractivity contribution in [1.82, 2.24) is 10.2 Å². The van der Waals surface area contributed by atoms with Gasteiger partial charge in [-0.25, -0.2) is 0 Å². The van der Waals surface area contributed by atoms with Gasteiger partial charge in [0.25, 0.3) is 0 Å². The van der Waals surface area contributed by atoms with Gasteiger partial charge in [0.05, 0.1) is 12.7 Å². The summed E-state index contributed by atoms with van der Waals surface area (Å²) in [6.45, 7) is 2.13. The van der Waals surface area contributed by atoms with E-state index in [1.54, 1.807) is 0 Å². The van der Waals surface area contributed by atoms with Crippen LogP contribution in [0, 0.1) is 0 Å². The van der Waals surface area contributed by atoms with Gasteiger partial charge in [0.2, 0.25) is 0 Å². The second kappa shape index (κ2) is 7.93. The lowest BCUT2D eigenvalue weighted by Gasteiger charge is -2.19. The lowest BCUT2D eigenvalue weighted by atomic mass is 10.3. The minimum absolute atomic E-state index is 0.00402. The topological polar surface area (TPSA) is 44.7 Å². The minimum Gasteiger partial charge on any atom is -0.390 e. The van der Waals surface area contributed by atoms with Crippen LogP contribution in [-0.4, -0.2) is 68.2 Å². The first kappa shape index (κ1) is 15.7. The molecule has 7 heteroatoms. The normalized spacial score (nSPS) is 19.3. The zero-order chi connectivity index (χ0) is 13.4. The van der Waals surface area contributed by atoms with E-state index < -0.39 is 18.9 Å². The van der Waals surface area contributed by atoms with E-state index in [1.165, 1.54) is 12.8 Å². The van der Waals surface area contributed by atoms with Crippen molar-refractivity contribution in [3.63, 3.8) is 0 Å². The highest BCUT2D eigenvalue weighted by molar-refractivity contribution is 4.71. The first-order chi connectivity index (χ1) is 8.47. The third-order valence-electron chi connectivity index (χ3n) is 2.74.